The zero-order valence-electron chi connectivity index (χ0n) is 24.2. The first-order valence-electron chi connectivity index (χ1n) is 13.3. The van der Waals surface area contributed by atoms with Crippen LogP contribution in [0.15, 0.2) is 77.7 Å². The Hall–Kier alpha value is -2.96. The molecule has 0 radical (unpaired) electrons. The molecule has 0 aliphatic carbocycles. The Labute approximate surface area is 251 Å². The molecule has 1 unspecified atom stereocenters. The lowest BCUT2D eigenvalue weighted by molar-refractivity contribution is -0.384. The highest BCUT2D eigenvalue weighted by atomic mass is 32.2. The molecule has 2 atom stereocenters. The predicted octanol–water partition coefficient (Wildman–Crippen LogP) is 6.56. The standard InChI is InChI=1S/C29H37N2O9PS/c1-5-38-41(34,40-42-28-17-15-25(16-18-28)31(32)33)39-22-37-27(20-30(2)3)21-36-29-12-7-6-10-24(29)14-13-23-9-8-11-26(19-23)35-4/h6-12,15-19,27H,5,13-14,20-22H2,1-4H3/t27-,41?/m0/s1. The number of nitro benzene ring substituents is 1. The van der Waals surface area contributed by atoms with Gasteiger partial charge in [0.1, 0.15) is 24.2 Å². The van der Waals surface area contributed by atoms with Crippen molar-refractivity contribution >= 4 is 25.6 Å². The molecule has 0 spiro atoms. The average molecular weight is 621 g/mol. The monoisotopic (exact) mass is 620 g/mol. The number of benzene rings is 3. The number of nitrogens with zero attached hydrogens (tertiary/aromatic N) is 2. The third-order valence-corrected chi connectivity index (χ3v) is 8.35. The highest BCUT2D eigenvalue weighted by Gasteiger charge is 2.28. The zero-order valence-corrected chi connectivity index (χ0v) is 25.9. The van der Waals surface area contributed by atoms with Crippen LogP contribution in [-0.2, 0) is 35.2 Å². The summed E-state index contributed by atoms with van der Waals surface area (Å²) in [6, 6.07) is 21.5. The molecule has 0 aromatic heterocycles. The quantitative estimate of drug-likeness (QED) is 0.0477. The van der Waals surface area contributed by atoms with Gasteiger partial charge >= 0.3 is 7.82 Å². The van der Waals surface area contributed by atoms with Gasteiger partial charge in [0.05, 0.1) is 18.6 Å². The van der Waals surface area contributed by atoms with Crippen LogP contribution in [0.5, 0.6) is 11.5 Å². The van der Waals surface area contributed by atoms with E-state index in [1.54, 1.807) is 14.0 Å². The summed E-state index contributed by atoms with van der Waals surface area (Å²) < 4.78 is 46.5. The second-order valence-corrected chi connectivity index (χ2v) is 12.0. The van der Waals surface area contributed by atoms with Gasteiger partial charge in [0.2, 0.25) is 0 Å². The minimum Gasteiger partial charge on any atom is -0.497 e. The maximum absolute atomic E-state index is 13.1. The molecule has 3 aromatic carbocycles. The summed E-state index contributed by atoms with van der Waals surface area (Å²) in [5, 5.41) is 10.9. The van der Waals surface area contributed by atoms with Gasteiger partial charge in [-0.1, -0.05) is 30.3 Å². The number of methoxy groups -OCH3 is 1. The van der Waals surface area contributed by atoms with E-state index >= 15 is 0 Å². The van der Waals surface area contributed by atoms with E-state index in [1.165, 1.54) is 29.8 Å². The lowest BCUT2D eigenvalue weighted by Crippen LogP contribution is -2.34. The first kappa shape index (κ1) is 33.5. The van der Waals surface area contributed by atoms with Gasteiger partial charge in [0, 0.05) is 35.6 Å². The van der Waals surface area contributed by atoms with Crippen LogP contribution >= 0.6 is 19.9 Å². The Morgan fingerprint density at radius 2 is 1.76 bits per heavy atom. The second-order valence-electron chi connectivity index (χ2n) is 9.34. The largest absolute Gasteiger partial charge is 0.497 e. The summed E-state index contributed by atoms with van der Waals surface area (Å²) in [5.41, 5.74) is 2.17. The summed E-state index contributed by atoms with van der Waals surface area (Å²) in [5.74, 6) is 1.59. The zero-order chi connectivity index (χ0) is 30.4. The van der Waals surface area contributed by atoms with Gasteiger partial charge in [-0.3, -0.25) is 19.2 Å². The number of nitro groups is 1. The van der Waals surface area contributed by atoms with E-state index in [0.717, 1.165) is 41.9 Å². The van der Waals surface area contributed by atoms with Crippen LogP contribution in [0.3, 0.4) is 0 Å². The number of hydrogen-bond acceptors (Lipinski definition) is 11. The lowest BCUT2D eigenvalue weighted by Gasteiger charge is -2.23. The maximum Gasteiger partial charge on any atom is 0.488 e. The molecule has 0 aliphatic rings. The average Bonchev–Trinajstić information content (AvgIpc) is 2.98. The van der Waals surface area contributed by atoms with Crippen molar-refractivity contribution in [2.24, 2.45) is 0 Å². The summed E-state index contributed by atoms with van der Waals surface area (Å²) in [6.07, 6.45) is 1.20. The number of ether oxygens (including phenoxy) is 3. The topological polar surface area (TPSA) is 119 Å². The molecule has 0 heterocycles. The van der Waals surface area contributed by atoms with Crippen LogP contribution in [-0.4, -0.2) is 63.7 Å². The first-order valence-corrected chi connectivity index (χ1v) is 15.5. The SMILES string of the molecule is CCOP(=O)(OCO[C@H](COc1ccccc1CCc1cccc(OC)c1)CN(C)C)OSc1ccc([N+](=O)[O-])cc1. The van der Waals surface area contributed by atoms with Gasteiger partial charge < -0.3 is 19.1 Å². The van der Waals surface area contributed by atoms with E-state index < -0.39 is 18.8 Å². The van der Waals surface area contributed by atoms with Crippen molar-refractivity contribution in [2.75, 3.05) is 47.8 Å². The molecule has 3 aromatic rings. The maximum atomic E-state index is 13.1. The van der Waals surface area contributed by atoms with Gasteiger partial charge in [-0.05, 0) is 75.3 Å². The summed E-state index contributed by atoms with van der Waals surface area (Å²) >= 11 is 0.740. The van der Waals surface area contributed by atoms with Crippen LogP contribution in [0.1, 0.15) is 18.1 Å². The normalized spacial score (nSPS) is 13.5. The van der Waals surface area contributed by atoms with Crippen LogP contribution in [0.25, 0.3) is 0 Å². The van der Waals surface area contributed by atoms with Crippen molar-refractivity contribution < 1.29 is 36.7 Å². The number of non-ortho nitro benzene ring substituents is 1. The number of para-hydroxylation sites is 1. The highest BCUT2D eigenvalue weighted by Crippen LogP contribution is 2.54. The molecule has 0 amide bonds. The number of likely N-dealkylation sites (N-methyl/N-ethyl adjacent to an activating group) is 1. The second kappa shape index (κ2) is 17.2. The number of aryl methyl sites for hydroxylation is 2. The number of rotatable bonds is 19. The smallest absolute Gasteiger partial charge is 0.488 e. The van der Waals surface area contributed by atoms with E-state index in [9.17, 15) is 14.7 Å². The molecule has 0 N–H and O–H groups in total. The molecule has 0 fully saturated rings. The van der Waals surface area contributed by atoms with Crippen molar-refractivity contribution in [2.45, 2.75) is 30.8 Å². The van der Waals surface area contributed by atoms with Gasteiger partial charge in [0.25, 0.3) is 5.69 Å². The molecule has 11 nitrogen and oxygen atoms in total. The van der Waals surface area contributed by atoms with Crippen molar-refractivity contribution in [3.8, 4) is 11.5 Å². The fourth-order valence-electron chi connectivity index (χ4n) is 3.84. The third-order valence-electron chi connectivity index (χ3n) is 5.86. The first-order chi connectivity index (χ1) is 20.2. The molecular weight excluding hydrogens is 583 g/mol. The number of phosphoric ester groups is 1. The number of phosphoric acid groups is 1. The Bertz CT molecular complexity index is 1310. The van der Waals surface area contributed by atoms with Gasteiger partial charge in [-0.15, -0.1) is 0 Å². The summed E-state index contributed by atoms with van der Waals surface area (Å²) in [6.45, 7) is 2.12. The van der Waals surface area contributed by atoms with Gasteiger partial charge in [-0.2, -0.15) is 0 Å². The molecule has 228 valence electrons. The molecule has 0 saturated carbocycles. The van der Waals surface area contributed by atoms with E-state index in [-0.39, 0.29) is 25.7 Å². The summed E-state index contributed by atoms with van der Waals surface area (Å²) in [7, 11) is 1.48. The molecular formula is C29H37N2O9PS. The van der Waals surface area contributed by atoms with Gasteiger partial charge in [0.15, 0.2) is 6.79 Å². The Morgan fingerprint density at radius 1 is 1.00 bits per heavy atom. The lowest BCUT2D eigenvalue weighted by atomic mass is 10.0. The van der Waals surface area contributed by atoms with E-state index in [2.05, 4.69) is 6.07 Å². The number of hydrogen-bond donors (Lipinski definition) is 0. The Kier molecular flexibility index (Phi) is 13.8. The Morgan fingerprint density at radius 3 is 2.45 bits per heavy atom. The Balaban J connectivity index is 1.55. The van der Waals surface area contributed by atoms with Crippen LogP contribution in [0, 0.1) is 10.1 Å². The molecule has 0 saturated heterocycles. The fourth-order valence-corrected chi connectivity index (χ4v) is 5.72. The minimum atomic E-state index is -3.99. The minimum absolute atomic E-state index is 0.0642. The fraction of sp³-hybridized carbons (Fsp3) is 0.379. The van der Waals surface area contributed by atoms with E-state index in [0.29, 0.717) is 11.4 Å². The molecule has 13 heteroatoms. The molecule has 0 aliphatic heterocycles. The van der Waals surface area contributed by atoms with Crippen LogP contribution in [0.4, 0.5) is 5.69 Å². The summed E-state index contributed by atoms with van der Waals surface area (Å²) in [4.78, 5) is 12.8. The predicted molar refractivity (Wildman–Crippen MR) is 161 cm³/mol. The van der Waals surface area contributed by atoms with Crippen molar-refractivity contribution in [3.63, 3.8) is 0 Å². The van der Waals surface area contributed by atoms with Crippen molar-refractivity contribution in [1.29, 1.82) is 0 Å². The van der Waals surface area contributed by atoms with Crippen molar-refractivity contribution in [1.82, 2.24) is 4.90 Å². The molecule has 3 rings (SSSR count). The van der Waals surface area contributed by atoms with Gasteiger partial charge in [-0.25, -0.2) is 8.54 Å². The van der Waals surface area contributed by atoms with Crippen LogP contribution < -0.4 is 9.47 Å². The van der Waals surface area contributed by atoms with Crippen molar-refractivity contribution in [3.05, 3.63) is 94.0 Å². The highest BCUT2D eigenvalue weighted by molar-refractivity contribution is 7.98. The molecule has 42 heavy (non-hydrogen) atoms. The molecule has 0 bridgehead atoms. The van der Waals surface area contributed by atoms with E-state index in [1.807, 2.05) is 61.5 Å². The van der Waals surface area contributed by atoms with E-state index in [4.69, 9.17) is 27.2 Å². The third kappa shape index (κ3) is 11.4. The van der Waals surface area contributed by atoms with Crippen LogP contribution in [0.2, 0.25) is 0 Å².